The summed E-state index contributed by atoms with van der Waals surface area (Å²) in [5.41, 5.74) is 0. The third-order valence-electron chi connectivity index (χ3n) is 3.55. The van der Waals surface area contributed by atoms with E-state index in [1.54, 1.807) is 0 Å². The van der Waals surface area contributed by atoms with Gasteiger partial charge in [-0.05, 0) is 48.5 Å². The molecule has 96 valence electrons. The summed E-state index contributed by atoms with van der Waals surface area (Å²) in [5, 5.41) is 3.51. The van der Waals surface area contributed by atoms with Crippen molar-refractivity contribution in [3.05, 3.63) is 77.8 Å². The molecule has 0 aliphatic rings. The molecule has 0 saturated heterocycles. The summed E-state index contributed by atoms with van der Waals surface area (Å²) in [7, 11) is -0.00747. The third-order valence-corrected chi connectivity index (χ3v) is 6.14. The predicted octanol–water partition coefficient (Wildman–Crippen LogP) is 6.38. The van der Waals surface area contributed by atoms with E-state index in [0.29, 0.717) is 0 Å². The van der Waals surface area contributed by atoms with E-state index in [1.165, 1.54) is 25.1 Å². The van der Waals surface area contributed by atoms with Gasteiger partial charge < -0.3 is 0 Å². The van der Waals surface area contributed by atoms with Crippen molar-refractivity contribution in [2.75, 3.05) is 0 Å². The van der Waals surface area contributed by atoms with Crippen molar-refractivity contribution in [3.8, 4) is 4.90 Å². The van der Waals surface area contributed by atoms with E-state index in [1.807, 2.05) is 12.1 Å². The van der Waals surface area contributed by atoms with Gasteiger partial charge in [-0.15, -0.1) is 0 Å². The van der Waals surface area contributed by atoms with E-state index in [-0.39, 0.29) is 10.5 Å². The van der Waals surface area contributed by atoms with Crippen molar-refractivity contribution in [2.45, 2.75) is 0 Å². The van der Waals surface area contributed by atoms with Gasteiger partial charge in [0.25, 0.3) is 0 Å². The largest absolute Gasteiger partial charge is 0.187 e. The molecule has 4 aromatic rings. The molecule has 0 nitrogen and oxygen atoms in total. The SMILES string of the molecule is Clc1ccc(-[s+]2c3ccccc3c3ccccc32)cc1. The average Bonchev–Trinajstić information content (AvgIpc) is 2.83. The summed E-state index contributed by atoms with van der Waals surface area (Å²) in [6.45, 7) is 0. The second-order valence-electron chi connectivity index (χ2n) is 4.75. The van der Waals surface area contributed by atoms with Crippen LogP contribution < -0.4 is 0 Å². The lowest BCUT2D eigenvalue weighted by Gasteiger charge is -1.93. The Morgan fingerprint density at radius 2 is 1.10 bits per heavy atom. The van der Waals surface area contributed by atoms with Crippen LogP contribution in [0.2, 0.25) is 5.02 Å². The Morgan fingerprint density at radius 3 is 1.65 bits per heavy atom. The molecule has 0 saturated carbocycles. The molecule has 3 aromatic carbocycles. The first-order chi connectivity index (χ1) is 9.84. The van der Waals surface area contributed by atoms with Gasteiger partial charge in [0, 0.05) is 26.3 Å². The molecule has 0 fully saturated rings. The Morgan fingerprint density at radius 1 is 0.600 bits per heavy atom. The number of thiophene rings is 1. The predicted molar refractivity (Wildman–Crippen MR) is 90.3 cm³/mol. The van der Waals surface area contributed by atoms with Crippen LogP contribution in [0.15, 0.2) is 72.8 Å². The summed E-state index contributed by atoms with van der Waals surface area (Å²) in [6, 6.07) is 25.7. The Balaban J connectivity index is 2.17. The number of rotatable bonds is 1. The highest BCUT2D eigenvalue weighted by molar-refractivity contribution is 7.50. The van der Waals surface area contributed by atoms with Gasteiger partial charge in [0.05, 0.1) is 0 Å². The second-order valence-corrected chi connectivity index (χ2v) is 7.15. The fourth-order valence-electron chi connectivity index (χ4n) is 2.68. The normalized spacial score (nSPS) is 11.2. The van der Waals surface area contributed by atoms with E-state index >= 15 is 0 Å². The van der Waals surface area contributed by atoms with Gasteiger partial charge in [-0.25, -0.2) is 0 Å². The molecule has 1 aromatic heterocycles. The number of benzene rings is 3. The van der Waals surface area contributed by atoms with Gasteiger partial charge >= 0.3 is 0 Å². The number of fused-ring (bicyclic) bond motifs is 3. The van der Waals surface area contributed by atoms with E-state index < -0.39 is 0 Å². The van der Waals surface area contributed by atoms with Gasteiger partial charge in [0.1, 0.15) is 0 Å². The molecule has 0 N–H and O–H groups in total. The van der Waals surface area contributed by atoms with Crippen molar-refractivity contribution in [1.82, 2.24) is 0 Å². The fourth-order valence-corrected chi connectivity index (χ4v) is 5.18. The molecule has 2 heteroatoms. The van der Waals surface area contributed by atoms with Crippen LogP contribution in [0.1, 0.15) is 0 Å². The lowest BCUT2D eigenvalue weighted by molar-refractivity contribution is 1.76. The first-order valence-electron chi connectivity index (χ1n) is 6.53. The molecule has 0 aliphatic carbocycles. The maximum absolute atomic E-state index is 6.02. The van der Waals surface area contributed by atoms with Crippen LogP contribution in [-0.2, 0) is 0 Å². The molecule has 0 amide bonds. The van der Waals surface area contributed by atoms with Crippen molar-refractivity contribution < 1.29 is 0 Å². The molecule has 0 aliphatic heterocycles. The third kappa shape index (κ3) is 1.75. The molecular weight excluding hydrogens is 284 g/mol. The number of hydrogen-bond donors (Lipinski definition) is 0. The highest BCUT2D eigenvalue weighted by Gasteiger charge is 2.22. The van der Waals surface area contributed by atoms with Crippen molar-refractivity contribution in [2.24, 2.45) is 0 Å². The van der Waals surface area contributed by atoms with Crippen LogP contribution in [0.5, 0.6) is 0 Å². The number of halogens is 1. The molecular formula is C18H12ClS+. The van der Waals surface area contributed by atoms with E-state index in [4.69, 9.17) is 11.6 Å². The molecule has 0 unspecified atom stereocenters. The van der Waals surface area contributed by atoms with Gasteiger partial charge in [-0.3, -0.25) is 0 Å². The lowest BCUT2D eigenvalue weighted by atomic mass is 10.2. The fraction of sp³-hybridized carbons (Fsp3) is 0. The molecule has 1 heterocycles. The Labute approximate surface area is 125 Å². The van der Waals surface area contributed by atoms with Crippen molar-refractivity contribution in [3.63, 3.8) is 0 Å². The van der Waals surface area contributed by atoms with Crippen LogP contribution in [0.3, 0.4) is 0 Å². The summed E-state index contributed by atoms with van der Waals surface area (Å²) in [5.74, 6) is 0. The molecule has 0 bridgehead atoms. The van der Waals surface area contributed by atoms with E-state index in [0.717, 1.165) is 5.02 Å². The first-order valence-corrected chi connectivity index (χ1v) is 8.13. The highest BCUT2D eigenvalue weighted by atomic mass is 35.5. The summed E-state index contributed by atoms with van der Waals surface area (Å²) >= 11 is 6.02. The topological polar surface area (TPSA) is 0 Å². The van der Waals surface area contributed by atoms with Crippen LogP contribution >= 0.6 is 22.1 Å². The quantitative estimate of drug-likeness (QED) is 0.357. The molecule has 0 spiro atoms. The highest BCUT2D eigenvalue weighted by Crippen LogP contribution is 2.48. The Hall–Kier alpha value is -1.83. The second kappa shape index (κ2) is 4.62. The smallest absolute Gasteiger partial charge is 0.0843 e. The van der Waals surface area contributed by atoms with E-state index in [2.05, 4.69) is 60.7 Å². The lowest BCUT2D eigenvalue weighted by Crippen LogP contribution is -1.70. The molecule has 0 radical (unpaired) electrons. The minimum absolute atomic E-state index is 0.00747. The maximum atomic E-state index is 6.02. The summed E-state index contributed by atoms with van der Waals surface area (Å²) < 4.78 is 2.83. The van der Waals surface area contributed by atoms with Gasteiger partial charge in [-0.2, -0.15) is 0 Å². The van der Waals surface area contributed by atoms with Crippen LogP contribution in [0, 0.1) is 0 Å². The van der Waals surface area contributed by atoms with Crippen LogP contribution in [-0.4, -0.2) is 0 Å². The zero-order valence-electron chi connectivity index (χ0n) is 10.7. The zero-order valence-corrected chi connectivity index (χ0v) is 12.3. The average molecular weight is 296 g/mol. The van der Waals surface area contributed by atoms with E-state index in [9.17, 15) is 0 Å². The molecule has 20 heavy (non-hydrogen) atoms. The number of hydrogen-bond acceptors (Lipinski definition) is 0. The maximum Gasteiger partial charge on any atom is 0.187 e. The zero-order chi connectivity index (χ0) is 13.5. The molecule has 4 rings (SSSR count). The van der Waals surface area contributed by atoms with Gasteiger partial charge in [0.2, 0.25) is 0 Å². The van der Waals surface area contributed by atoms with Crippen LogP contribution in [0.4, 0.5) is 0 Å². The summed E-state index contributed by atoms with van der Waals surface area (Å²) in [4.78, 5) is 1.33. The van der Waals surface area contributed by atoms with Gasteiger partial charge in [0.15, 0.2) is 14.3 Å². The minimum atomic E-state index is -0.00747. The Kier molecular flexibility index (Phi) is 2.76. The molecule has 0 atom stereocenters. The summed E-state index contributed by atoms with van der Waals surface area (Å²) in [6.07, 6.45) is 0. The monoisotopic (exact) mass is 295 g/mol. The minimum Gasteiger partial charge on any atom is -0.0843 e. The van der Waals surface area contributed by atoms with Crippen molar-refractivity contribution >= 4 is 42.2 Å². The van der Waals surface area contributed by atoms with Gasteiger partial charge in [-0.1, -0.05) is 35.9 Å². The van der Waals surface area contributed by atoms with Crippen LogP contribution in [0.25, 0.3) is 25.1 Å². The van der Waals surface area contributed by atoms with Crippen molar-refractivity contribution in [1.29, 1.82) is 0 Å². The standard InChI is InChI=1S/C18H12ClS/c19-13-9-11-14(12-10-13)20-17-7-3-1-5-15(17)16-6-2-4-8-18(16)20/h1-12H/q+1. The Bertz CT molecular complexity index is 850. The first kappa shape index (κ1) is 12.0.